The Morgan fingerprint density at radius 2 is 0.439 bits per heavy atom. The zero-order valence-electron chi connectivity index (χ0n) is 45.5. The molecular weight excluding hydrogens is 817 g/mol. The van der Waals surface area contributed by atoms with Crippen LogP contribution in [0.5, 0.6) is 0 Å². The maximum absolute atomic E-state index is 12.9. The first-order valence-electron chi connectivity index (χ1n) is 29.6. The lowest BCUT2D eigenvalue weighted by molar-refractivity contribution is -0.167. The highest BCUT2D eigenvalue weighted by Crippen LogP contribution is 2.19. The molecule has 0 radical (unpaired) electrons. The quantitative estimate of drug-likeness (QED) is 0.0343. The minimum absolute atomic E-state index is 0.0636. The Balaban J connectivity index is 4.25. The van der Waals surface area contributed by atoms with Gasteiger partial charge in [0.1, 0.15) is 13.2 Å². The van der Waals surface area contributed by atoms with E-state index in [0.717, 1.165) is 75.5 Å². The number of hydrogen-bond donors (Lipinski definition) is 0. The first-order chi connectivity index (χ1) is 32.1. The summed E-state index contributed by atoms with van der Waals surface area (Å²) in [5.74, 6) is 1.65. The van der Waals surface area contributed by atoms with Gasteiger partial charge in [0.2, 0.25) is 0 Å². The predicted molar refractivity (Wildman–Crippen MR) is 284 cm³/mol. The van der Waals surface area contributed by atoms with Crippen molar-refractivity contribution in [3.8, 4) is 0 Å². The molecular formula is C60H116O6. The van der Waals surface area contributed by atoms with Crippen molar-refractivity contribution < 1.29 is 28.6 Å². The Morgan fingerprint density at radius 1 is 0.258 bits per heavy atom. The molecule has 0 bridgehead atoms. The van der Waals surface area contributed by atoms with Crippen LogP contribution in [-0.2, 0) is 28.6 Å². The number of hydrogen-bond acceptors (Lipinski definition) is 6. The SMILES string of the molecule is CC(C)CCCCCCCCCCCCCCCCCCC(=O)OC[C@H](COC(=O)CCCCCCCCCCC(C)C)OC(=O)CCCCCCCCCCCCCCCCCC(C)C. The topological polar surface area (TPSA) is 78.9 Å². The molecule has 0 aromatic carbocycles. The normalized spacial score (nSPS) is 12.1. The van der Waals surface area contributed by atoms with Gasteiger partial charge in [0.15, 0.2) is 6.10 Å². The van der Waals surface area contributed by atoms with Gasteiger partial charge < -0.3 is 14.2 Å². The maximum atomic E-state index is 12.9. The van der Waals surface area contributed by atoms with Crippen LogP contribution in [0, 0.1) is 17.8 Å². The first kappa shape index (κ1) is 64.4. The van der Waals surface area contributed by atoms with E-state index >= 15 is 0 Å². The summed E-state index contributed by atoms with van der Waals surface area (Å²) < 4.78 is 16.9. The van der Waals surface area contributed by atoms with Crippen LogP contribution in [0.25, 0.3) is 0 Å². The molecule has 0 fully saturated rings. The second-order valence-corrected chi connectivity index (χ2v) is 22.1. The van der Waals surface area contributed by atoms with Crippen molar-refractivity contribution in [3.05, 3.63) is 0 Å². The van der Waals surface area contributed by atoms with Crippen LogP contribution in [0.4, 0.5) is 0 Å². The molecule has 0 unspecified atom stereocenters. The Bertz CT molecular complexity index is 1020. The fourth-order valence-corrected chi connectivity index (χ4v) is 9.18. The molecule has 0 N–H and O–H groups in total. The lowest BCUT2D eigenvalue weighted by Gasteiger charge is -2.18. The highest BCUT2D eigenvalue weighted by molar-refractivity contribution is 5.71. The van der Waals surface area contributed by atoms with Gasteiger partial charge in [0.05, 0.1) is 0 Å². The Morgan fingerprint density at radius 3 is 0.652 bits per heavy atom. The summed E-state index contributed by atoms with van der Waals surface area (Å²) in [5, 5.41) is 0. The fraction of sp³-hybridized carbons (Fsp3) is 0.950. The number of ether oxygens (including phenoxy) is 3. The van der Waals surface area contributed by atoms with E-state index in [4.69, 9.17) is 14.2 Å². The van der Waals surface area contributed by atoms with Crippen molar-refractivity contribution in [1.29, 1.82) is 0 Å². The van der Waals surface area contributed by atoms with Crippen LogP contribution in [0.3, 0.4) is 0 Å². The number of carbonyl (C=O) groups excluding carboxylic acids is 3. The van der Waals surface area contributed by atoms with Gasteiger partial charge in [-0.3, -0.25) is 14.4 Å². The molecule has 392 valence electrons. The van der Waals surface area contributed by atoms with Crippen LogP contribution in [-0.4, -0.2) is 37.2 Å². The summed E-state index contributed by atoms with van der Waals surface area (Å²) in [6.45, 7) is 13.8. The van der Waals surface area contributed by atoms with Gasteiger partial charge in [0, 0.05) is 19.3 Å². The molecule has 0 aliphatic heterocycles. The molecule has 6 nitrogen and oxygen atoms in total. The number of rotatable bonds is 53. The van der Waals surface area contributed by atoms with E-state index in [2.05, 4.69) is 41.5 Å². The van der Waals surface area contributed by atoms with Gasteiger partial charge in [-0.25, -0.2) is 0 Å². The molecule has 0 aliphatic carbocycles. The molecule has 0 saturated heterocycles. The van der Waals surface area contributed by atoms with Gasteiger partial charge >= 0.3 is 17.9 Å². The summed E-state index contributed by atoms with van der Waals surface area (Å²) in [4.78, 5) is 38.1. The lowest BCUT2D eigenvalue weighted by atomic mass is 10.0. The van der Waals surface area contributed by atoms with Crippen molar-refractivity contribution in [2.24, 2.45) is 17.8 Å². The molecule has 66 heavy (non-hydrogen) atoms. The second-order valence-electron chi connectivity index (χ2n) is 22.1. The van der Waals surface area contributed by atoms with E-state index in [-0.39, 0.29) is 31.1 Å². The monoisotopic (exact) mass is 933 g/mol. The molecule has 0 aromatic rings. The molecule has 0 spiro atoms. The molecule has 0 amide bonds. The zero-order chi connectivity index (χ0) is 48.4. The van der Waals surface area contributed by atoms with Gasteiger partial charge in [-0.1, -0.05) is 292 Å². The highest BCUT2D eigenvalue weighted by Gasteiger charge is 2.19. The average molecular weight is 934 g/mol. The van der Waals surface area contributed by atoms with E-state index in [0.29, 0.717) is 19.3 Å². The predicted octanol–water partition coefficient (Wildman–Crippen LogP) is 19.5. The summed E-state index contributed by atoms with van der Waals surface area (Å²) in [7, 11) is 0. The number of esters is 3. The van der Waals surface area contributed by atoms with Crippen LogP contribution in [0.2, 0.25) is 0 Å². The van der Waals surface area contributed by atoms with Crippen molar-refractivity contribution in [1.82, 2.24) is 0 Å². The van der Waals surface area contributed by atoms with E-state index in [1.54, 1.807) is 0 Å². The number of unbranched alkanes of at least 4 members (excludes halogenated alkanes) is 36. The average Bonchev–Trinajstić information content (AvgIpc) is 3.28. The fourth-order valence-electron chi connectivity index (χ4n) is 9.18. The molecule has 0 saturated carbocycles. The van der Waals surface area contributed by atoms with E-state index in [1.165, 1.54) is 212 Å². The minimum atomic E-state index is -0.764. The van der Waals surface area contributed by atoms with Crippen LogP contribution >= 0.6 is 0 Å². The summed E-state index contributed by atoms with van der Waals surface area (Å²) >= 11 is 0. The Labute approximate surface area is 412 Å². The molecule has 0 heterocycles. The molecule has 0 aliphatic rings. The van der Waals surface area contributed by atoms with Gasteiger partial charge in [0.25, 0.3) is 0 Å². The molecule has 1 atom stereocenters. The third-order valence-corrected chi connectivity index (χ3v) is 13.6. The van der Waals surface area contributed by atoms with Crippen LogP contribution in [0.1, 0.15) is 330 Å². The zero-order valence-corrected chi connectivity index (χ0v) is 45.5. The first-order valence-corrected chi connectivity index (χ1v) is 29.6. The third kappa shape index (κ3) is 53.4. The Hall–Kier alpha value is -1.59. The van der Waals surface area contributed by atoms with E-state index < -0.39 is 6.10 Å². The second kappa shape index (κ2) is 51.3. The summed E-state index contributed by atoms with van der Waals surface area (Å²) in [6, 6.07) is 0. The Kier molecular flexibility index (Phi) is 50.0. The summed E-state index contributed by atoms with van der Waals surface area (Å²) in [5.41, 5.74) is 0. The van der Waals surface area contributed by atoms with Crippen molar-refractivity contribution >= 4 is 17.9 Å². The van der Waals surface area contributed by atoms with Crippen LogP contribution < -0.4 is 0 Å². The van der Waals surface area contributed by atoms with Crippen molar-refractivity contribution in [2.45, 2.75) is 337 Å². The van der Waals surface area contributed by atoms with Crippen molar-refractivity contribution in [3.63, 3.8) is 0 Å². The van der Waals surface area contributed by atoms with Gasteiger partial charge in [-0.2, -0.15) is 0 Å². The van der Waals surface area contributed by atoms with E-state index in [1.807, 2.05) is 0 Å². The minimum Gasteiger partial charge on any atom is -0.462 e. The van der Waals surface area contributed by atoms with Crippen LogP contribution in [0.15, 0.2) is 0 Å². The van der Waals surface area contributed by atoms with Gasteiger partial charge in [-0.05, 0) is 37.0 Å². The smallest absolute Gasteiger partial charge is 0.306 e. The van der Waals surface area contributed by atoms with E-state index in [9.17, 15) is 14.4 Å². The summed E-state index contributed by atoms with van der Waals surface area (Å²) in [6.07, 6.45) is 53.9. The third-order valence-electron chi connectivity index (χ3n) is 13.6. The van der Waals surface area contributed by atoms with Gasteiger partial charge in [-0.15, -0.1) is 0 Å². The molecule has 0 aromatic heterocycles. The van der Waals surface area contributed by atoms with Crippen molar-refractivity contribution in [2.75, 3.05) is 13.2 Å². The molecule has 0 rings (SSSR count). The number of carbonyl (C=O) groups is 3. The largest absolute Gasteiger partial charge is 0.462 e. The maximum Gasteiger partial charge on any atom is 0.306 e. The standard InChI is InChI=1S/C60H116O6/c1-54(2)46-40-34-28-22-18-14-10-7-8-12-16-20-24-31-37-43-49-58(61)64-52-57(53-65-59(62)50-44-38-32-27-26-30-36-42-48-56(5)6)66-60(63)51-45-39-33-25-21-17-13-9-11-15-19-23-29-35-41-47-55(3)4/h54-57H,7-53H2,1-6H3/t57-/m1/s1. The lowest BCUT2D eigenvalue weighted by Crippen LogP contribution is -2.30. The highest BCUT2D eigenvalue weighted by atomic mass is 16.6. The molecule has 6 heteroatoms.